The molecule has 5 nitrogen and oxygen atoms in total. The van der Waals surface area contributed by atoms with Crippen molar-refractivity contribution in [1.82, 2.24) is 5.32 Å². The van der Waals surface area contributed by atoms with Crippen molar-refractivity contribution in [3.05, 3.63) is 95.3 Å². The number of anilines is 1. The second-order valence-electron chi connectivity index (χ2n) is 7.69. The van der Waals surface area contributed by atoms with Crippen molar-refractivity contribution in [2.24, 2.45) is 5.92 Å². The van der Waals surface area contributed by atoms with Crippen LogP contribution in [0.2, 0.25) is 0 Å². The minimum Gasteiger partial charge on any atom is -0.345 e. The van der Waals surface area contributed by atoms with Gasteiger partial charge < -0.3 is 5.32 Å². The molecule has 3 aromatic rings. The Morgan fingerprint density at radius 2 is 1.61 bits per heavy atom. The van der Waals surface area contributed by atoms with Gasteiger partial charge in [-0.3, -0.25) is 9.52 Å². The van der Waals surface area contributed by atoms with Gasteiger partial charge in [0.2, 0.25) is 0 Å². The molecule has 0 aliphatic rings. The van der Waals surface area contributed by atoms with Crippen LogP contribution in [0.1, 0.15) is 41.4 Å². The number of rotatable bonds is 7. The van der Waals surface area contributed by atoms with Crippen molar-refractivity contribution in [3.8, 4) is 0 Å². The van der Waals surface area contributed by atoms with Gasteiger partial charge in [-0.25, -0.2) is 12.8 Å². The first kappa shape index (κ1) is 22.5. The summed E-state index contributed by atoms with van der Waals surface area (Å²) < 4.78 is 40.9. The van der Waals surface area contributed by atoms with E-state index in [2.05, 4.69) is 10.0 Å². The molecular formula is C24H25FN2O3S. The van der Waals surface area contributed by atoms with Gasteiger partial charge in [0.15, 0.2) is 0 Å². The number of carbonyl (C=O) groups is 1. The molecule has 1 amide bonds. The molecule has 0 fully saturated rings. The smallest absolute Gasteiger partial charge is 0.261 e. The van der Waals surface area contributed by atoms with Crippen LogP contribution in [0.5, 0.6) is 0 Å². The van der Waals surface area contributed by atoms with Crippen molar-refractivity contribution in [1.29, 1.82) is 0 Å². The molecular weight excluding hydrogens is 415 g/mol. The minimum absolute atomic E-state index is 0.0542. The van der Waals surface area contributed by atoms with Gasteiger partial charge >= 0.3 is 0 Å². The highest BCUT2D eigenvalue weighted by molar-refractivity contribution is 7.92. The lowest BCUT2D eigenvalue weighted by atomic mass is 9.92. The number of benzene rings is 3. The fourth-order valence-corrected chi connectivity index (χ4v) is 4.40. The molecule has 0 saturated carbocycles. The SMILES string of the molecule is Cc1ccccc1C(NC(=O)c1cccc(S(=O)(=O)Nc2ccc(F)cc2)c1)C(C)C. The van der Waals surface area contributed by atoms with Crippen LogP contribution in [0.3, 0.4) is 0 Å². The average molecular weight is 441 g/mol. The first-order valence-corrected chi connectivity index (χ1v) is 11.4. The molecule has 2 N–H and O–H groups in total. The number of nitrogens with one attached hydrogen (secondary N) is 2. The summed E-state index contributed by atoms with van der Waals surface area (Å²) in [5.41, 5.74) is 2.56. The molecule has 0 aromatic heterocycles. The minimum atomic E-state index is -3.94. The Morgan fingerprint density at radius 1 is 0.935 bits per heavy atom. The normalized spacial score (nSPS) is 12.4. The Morgan fingerprint density at radius 3 is 2.26 bits per heavy atom. The fourth-order valence-electron chi connectivity index (χ4n) is 3.30. The van der Waals surface area contributed by atoms with E-state index in [9.17, 15) is 17.6 Å². The van der Waals surface area contributed by atoms with Gasteiger partial charge in [0.05, 0.1) is 10.9 Å². The Bertz CT molecular complexity index is 1180. The summed E-state index contributed by atoms with van der Waals surface area (Å²) in [6, 6.07) is 18.5. The molecule has 3 rings (SSSR count). The van der Waals surface area contributed by atoms with Crippen molar-refractivity contribution in [3.63, 3.8) is 0 Å². The van der Waals surface area contributed by atoms with E-state index in [-0.39, 0.29) is 34.0 Å². The summed E-state index contributed by atoms with van der Waals surface area (Å²) in [5.74, 6) is -0.687. The first-order valence-electron chi connectivity index (χ1n) is 9.92. The monoisotopic (exact) mass is 440 g/mol. The summed E-state index contributed by atoms with van der Waals surface area (Å²) in [7, 11) is -3.94. The zero-order valence-electron chi connectivity index (χ0n) is 17.6. The summed E-state index contributed by atoms with van der Waals surface area (Å²) in [5, 5.41) is 3.03. The largest absolute Gasteiger partial charge is 0.345 e. The van der Waals surface area contributed by atoms with Crippen molar-refractivity contribution in [2.45, 2.75) is 31.7 Å². The third-order valence-electron chi connectivity index (χ3n) is 4.98. The van der Waals surface area contributed by atoms with Crippen LogP contribution in [0.4, 0.5) is 10.1 Å². The van der Waals surface area contributed by atoms with Gasteiger partial charge in [0, 0.05) is 11.3 Å². The predicted molar refractivity (Wildman–Crippen MR) is 120 cm³/mol. The van der Waals surface area contributed by atoms with E-state index in [1.165, 1.54) is 42.5 Å². The van der Waals surface area contributed by atoms with Crippen LogP contribution in [-0.2, 0) is 10.0 Å². The third-order valence-corrected chi connectivity index (χ3v) is 6.36. The van der Waals surface area contributed by atoms with Gasteiger partial charge in [-0.1, -0.05) is 44.2 Å². The van der Waals surface area contributed by atoms with Crippen LogP contribution in [0.25, 0.3) is 0 Å². The lowest BCUT2D eigenvalue weighted by molar-refractivity contribution is 0.0925. The van der Waals surface area contributed by atoms with Gasteiger partial charge in [-0.15, -0.1) is 0 Å². The van der Waals surface area contributed by atoms with Crippen molar-refractivity contribution >= 4 is 21.6 Å². The molecule has 3 aromatic carbocycles. The lowest BCUT2D eigenvalue weighted by Gasteiger charge is -2.24. The molecule has 0 bridgehead atoms. The van der Waals surface area contributed by atoms with E-state index >= 15 is 0 Å². The van der Waals surface area contributed by atoms with Gasteiger partial charge in [-0.2, -0.15) is 0 Å². The third kappa shape index (κ3) is 5.49. The lowest BCUT2D eigenvalue weighted by Crippen LogP contribution is -2.32. The summed E-state index contributed by atoms with van der Waals surface area (Å²) in [6.07, 6.45) is 0. The van der Waals surface area contributed by atoms with Crippen molar-refractivity contribution in [2.75, 3.05) is 4.72 Å². The molecule has 0 aliphatic heterocycles. The molecule has 1 unspecified atom stereocenters. The highest BCUT2D eigenvalue weighted by Crippen LogP contribution is 2.25. The molecule has 0 saturated heterocycles. The van der Waals surface area contributed by atoms with Crippen LogP contribution >= 0.6 is 0 Å². The Kier molecular flexibility index (Phi) is 6.75. The number of carbonyl (C=O) groups excluding carboxylic acids is 1. The Balaban J connectivity index is 1.83. The maximum Gasteiger partial charge on any atom is 0.261 e. The maximum atomic E-state index is 13.1. The van der Waals surface area contributed by atoms with Crippen LogP contribution in [0, 0.1) is 18.7 Å². The van der Waals surface area contributed by atoms with Gasteiger partial charge in [0.25, 0.3) is 15.9 Å². The van der Waals surface area contributed by atoms with E-state index in [4.69, 9.17) is 0 Å². The molecule has 31 heavy (non-hydrogen) atoms. The molecule has 162 valence electrons. The predicted octanol–water partition coefficient (Wildman–Crippen LogP) is 5.06. The second-order valence-corrected chi connectivity index (χ2v) is 9.37. The number of hydrogen-bond donors (Lipinski definition) is 2. The Hall–Kier alpha value is -3.19. The summed E-state index contributed by atoms with van der Waals surface area (Å²) in [4.78, 5) is 12.9. The first-order chi connectivity index (χ1) is 14.7. The highest BCUT2D eigenvalue weighted by atomic mass is 32.2. The standard InChI is InChI=1S/C24H25FN2O3S/c1-16(2)23(22-10-5-4-7-17(22)3)26-24(28)18-8-6-9-21(15-18)31(29,30)27-20-13-11-19(25)12-14-20/h4-16,23,27H,1-3H3,(H,26,28). The number of aryl methyl sites for hydroxylation is 1. The number of halogens is 1. The van der Waals surface area contributed by atoms with E-state index in [1.54, 1.807) is 6.07 Å². The number of hydrogen-bond acceptors (Lipinski definition) is 3. The molecule has 0 radical (unpaired) electrons. The van der Waals surface area contributed by atoms with E-state index < -0.39 is 15.8 Å². The maximum absolute atomic E-state index is 13.1. The highest BCUT2D eigenvalue weighted by Gasteiger charge is 2.22. The van der Waals surface area contributed by atoms with E-state index in [0.717, 1.165) is 11.1 Å². The topological polar surface area (TPSA) is 75.3 Å². The quantitative estimate of drug-likeness (QED) is 0.539. The molecule has 0 aliphatic carbocycles. The molecule has 0 heterocycles. The van der Waals surface area contributed by atoms with Crippen LogP contribution < -0.4 is 10.0 Å². The average Bonchev–Trinajstić information content (AvgIpc) is 2.74. The van der Waals surface area contributed by atoms with E-state index in [1.807, 2.05) is 45.0 Å². The molecule has 1 atom stereocenters. The van der Waals surface area contributed by atoms with Crippen molar-refractivity contribution < 1.29 is 17.6 Å². The summed E-state index contributed by atoms with van der Waals surface area (Å²) in [6.45, 7) is 6.03. The van der Waals surface area contributed by atoms with E-state index in [0.29, 0.717) is 0 Å². The Labute approximate surface area is 182 Å². The molecule has 0 spiro atoms. The second kappa shape index (κ2) is 9.31. The number of sulfonamides is 1. The zero-order valence-corrected chi connectivity index (χ0v) is 18.4. The number of amides is 1. The zero-order chi connectivity index (χ0) is 22.6. The van der Waals surface area contributed by atoms with Crippen LogP contribution in [-0.4, -0.2) is 14.3 Å². The van der Waals surface area contributed by atoms with Crippen LogP contribution in [0.15, 0.2) is 77.7 Å². The summed E-state index contributed by atoms with van der Waals surface area (Å²) >= 11 is 0. The molecule has 7 heteroatoms. The van der Waals surface area contributed by atoms with Gasteiger partial charge in [-0.05, 0) is 66.4 Å². The van der Waals surface area contributed by atoms with Gasteiger partial charge in [0.1, 0.15) is 5.82 Å². The fraction of sp³-hybridized carbons (Fsp3) is 0.208.